The van der Waals surface area contributed by atoms with Gasteiger partial charge in [-0.25, -0.2) is 4.98 Å². The Balaban J connectivity index is 1.63. The van der Waals surface area contributed by atoms with Crippen molar-refractivity contribution in [1.82, 2.24) is 10.3 Å². The van der Waals surface area contributed by atoms with Crippen LogP contribution in [0.2, 0.25) is 0 Å². The van der Waals surface area contributed by atoms with Gasteiger partial charge in [0.2, 0.25) is 0 Å². The van der Waals surface area contributed by atoms with Crippen molar-refractivity contribution in [2.45, 2.75) is 38.6 Å². The lowest BCUT2D eigenvalue weighted by molar-refractivity contribution is 0.448. The van der Waals surface area contributed by atoms with E-state index in [-0.39, 0.29) is 0 Å². The number of nitrogens with zero attached hydrogens (tertiary/aromatic N) is 1. The largest absolute Gasteiger partial charge is 0.508 e. The van der Waals surface area contributed by atoms with Crippen molar-refractivity contribution in [1.29, 1.82) is 0 Å². The van der Waals surface area contributed by atoms with Crippen molar-refractivity contribution in [3.05, 3.63) is 45.4 Å². The Labute approximate surface area is 123 Å². The van der Waals surface area contributed by atoms with Gasteiger partial charge in [0.15, 0.2) is 0 Å². The number of aromatic hydroxyl groups is 1. The molecular weight excluding hydrogens is 268 g/mol. The van der Waals surface area contributed by atoms with Gasteiger partial charge >= 0.3 is 0 Å². The first kappa shape index (κ1) is 13.6. The minimum absolute atomic E-state index is 0.366. The van der Waals surface area contributed by atoms with Gasteiger partial charge < -0.3 is 10.4 Å². The molecule has 0 radical (unpaired) electrons. The van der Waals surface area contributed by atoms with Gasteiger partial charge in [-0.2, -0.15) is 0 Å². The summed E-state index contributed by atoms with van der Waals surface area (Å²) in [5, 5.41) is 16.6. The monoisotopic (exact) mass is 288 g/mol. The zero-order chi connectivity index (χ0) is 13.9. The number of aryl methyl sites for hydroxylation is 2. The van der Waals surface area contributed by atoms with Crippen LogP contribution in [0.3, 0.4) is 0 Å². The number of phenolic OH excluding ortho intramolecular Hbond substituents is 1. The van der Waals surface area contributed by atoms with Crippen molar-refractivity contribution in [2.75, 3.05) is 6.54 Å². The minimum Gasteiger partial charge on any atom is -0.508 e. The van der Waals surface area contributed by atoms with Gasteiger partial charge in [0.05, 0.1) is 10.7 Å². The molecule has 3 rings (SSSR count). The van der Waals surface area contributed by atoms with Gasteiger partial charge in [0.1, 0.15) is 5.75 Å². The van der Waals surface area contributed by atoms with Crippen LogP contribution in [0.4, 0.5) is 0 Å². The highest BCUT2D eigenvalue weighted by Gasteiger charge is 2.19. The zero-order valence-electron chi connectivity index (χ0n) is 11.7. The van der Waals surface area contributed by atoms with Gasteiger partial charge in [-0.15, -0.1) is 11.3 Å². The molecule has 2 aromatic rings. The second-order valence-corrected chi connectivity index (χ2v) is 6.45. The van der Waals surface area contributed by atoms with E-state index in [1.54, 1.807) is 17.4 Å². The first-order valence-electron chi connectivity index (χ1n) is 7.18. The predicted molar refractivity (Wildman–Crippen MR) is 82.3 cm³/mol. The molecule has 1 unspecified atom stereocenters. The van der Waals surface area contributed by atoms with Crippen LogP contribution in [-0.4, -0.2) is 16.6 Å². The lowest BCUT2D eigenvalue weighted by Gasteiger charge is -2.26. The van der Waals surface area contributed by atoms with Crippen LogP contribution >= 0.6 is 11.3 Å². The highest BCUT2D eigenvalue weighted by atomic mass is 32.1. The number of thiazole rings is 1. The predicted octanol–water partition coefficient (Wildman–Crippen LogP) is 3.37. The first-order valence-corrected chi connectivity index (χ1v) is 8.06. The average molecular weight is 288 g/mol. The van der Waals surface area contributed by atoms with Gasteiger partial charge in [0.25, 0.3) is 0 Å². The van der Waals surface area contributed by atoms with Gasteiger partial charge in [-0.05, 0) is 49.4 Å². The molecule has 0 saturated heterocycles. The third kappa shape index (κ3) is 3.02. The quantitative estimate of drug-likeness (QED) is 0.906. The Kier molecular flexibility index (Phi) is 4.03. The summed E-state index contributed by atoms with van der Waals surface area (Å²) < 4.78 is 0. The van der Waals surface area contributed by atoms with Crippen molar-refractivity contribution >= 4 is 11.3 Å². The van der Waals surface area contributed by atoms with E-state index in [4.69, 9.17) is 0 Å². The molecule has 0 aliphatic heterocycles. The maximum atomic E-state index is 9.68. The number of fused-ring (bicyclic) bond motifs is 1. The number of nitrogens with one attached hydrogen (secondary N) is 1. The van der Waals surface area contributed by atoms with Crippen LogP contribution in [0.25, 0.3) is 0 Å². The summed E-state index contributed by atoms with van der Waals surface area (Å²) in [6.07, 6.45) is 4.45. The molecule has 0 amide bonds. The molecule has 4 heteroatoms. The Bertz CT molecular complexity index is 594. The van der Waals surface area contributed by atoms with E-state index in [1.165, 1.54) is 23.2 Å². The van der Waals surface area contributed by atoms with Crippen LogP contribution in [0.5, 0.6) is 5.75 Å². The summed E-state index contributed by atoms with van der Waals surface area (Å²) >= 11 is 1.71. The molecule has 0 fully saturated rings. The summed E-state index contributed by atoms with van der Waals surface area (Å²) in [5.41, 5.74) is 3.81. The summed E-state index contributed by atoms with van der Waals surface area (Å²) in [5.74, 6) is 0.368. The summed E-state index contributed by atoms with van der Waals surface area (Å²) in [6.45, 7) is 2.98. The maximum absolute atomic E-state index is 9.68. The molecule has 1 aliphatic carbocycles. The van der Waals surface area contributed by atoms with Crippen molar-refractivity contribution in [3.8, 4) is 5.75 Å². The van der Waals surface area contributed by atoms with Crippen LogP contribution in [0.15, 0.2) is 23.6 Å². The molecule has 20 heavy (non-hydrogen) atoms. The lowest BCUT2D eigenvalue weighted by atomic mass is 9.87. The third-order valence-electron chi connectivity index (χ3n) is 3.88. The van der Waals surface area contributed by atoms with Crippen LogP contribution in [0, 0.1) is 6.92 Å². The normalized spacial score (nSPS) is 17.9. The smallest absolute Gasteiger partial charge is 0.115 e. The Hall–Kier alpha value is -1.39. The van der Waals surface area contributed by atoms with Crippen molar-refractivity contribution in [2.24, 2.45) is 0 Å². The Morgan fingerprint density at radius 1 is 1.45 bits per heavy atom. The fraction of sp³-hybridized carbons (Fsp3) is 0.438. The summed E-state index contributed by atoms with van der Waals surface area (Å²) in [6, 6.07) is 6.13. The molecule has 106 valence electrons. The van der Waals surface area contributed by atoms with Gasteiger partial charge in [-0.1, -0.05) is 6.07 Å². The SMILES string of the molecule is Cc1nc(CCNC2CCCc3ccc(O)cc32)cs1. The molecule has 0 bridgehead atoms. The number of rotatable bonds is 4. The van der Waals surface area contributed by atoms with E-state index < -0.39 is 0 Å². The van der Waals surface area contributed by atoms with Gasteiger partial charge in [-0.3, -0.25) is 0 Å². The number of aromatic nitrogens is 1. The highest BCUT2D eigenvalue weighted by molar-refractivity contribution is 7.09. The fourth-order valence-electron chi connectivity index (χ4n) is 2.90. The van der Waals surface area contributed by atoms with Crippen molar-refractivity contribution < 1.29 is 5.11 Å². The topological polar surface area (TPSA) is 45.2 Å². The summed E-state index contributed by atoms with van der Waals surface area (Å²) in [7, 11) is 0. The van der Waals surface area contributed by atoms with Gasteiger partial charge in [0, 0.05) is 24.4 Å². The van der Waals surface area contributed by atoms with E-state index in [0.29, 0.717) is 11.8 Å². The standard InChI is InChI=1S/C16H20N2OS/c1-11-18-13(10-20-11)7-8-17-16-4-2-3-12-5-6-14(19)9-15(12)16/h5-6,9-10,16-17,19H,2-4,7-8H2,1H3. The highest BCUT2D eigenvalue weighted by Crippen LogP contribution is 2.32. The van der Waals surface area contributed by atoms with E-state index in [2.05, 4.69) is 21.7 Å². The van der Waals surface area contributed by atoms with E-state index in [9.17, 15) is 5.11 Å². The van der Waals surface area contributed by atoms with Crippen LogP contribution < -0.4 is 5.32 Å². The molecule has 1 atom stereocenters. The molecule has 1 aliphatic rings. The Morgan fingerprint density at radius 3 is 3.15 bits per heavy atom. The molecular formula is C16H20N2OS. The maximum Gasteiger partial charge on any atom is 0.115 e. The number of benzene rings is 1. The van der Waals surface area contributed by atoms with Crippen LogP contribution in [0.1, 0.15) is 40.7 Å². The summed E-state index contributed by atoms with van der Waals surface area (Å²) in [4.78, 5) is 4.49. The molecule has 1 aromatic heterocycles. The number of hydrogen-bond donors (Lipinski definition) is 2. The fourth-order valence-corrected chi connectivity index (χ4v) is 3.54. The lowest BCUT2D eigenvalue weighted by Crippen LogP contribution is -2.27. The zero-order valence-corrected chi connectivity index (χ0v) is 12.5. The van der Waals surface area contributed by atoms with E-state index in [0.717, 1.165) is 30.8 Å². The second-order valence-electron chi connectivity index (χ2n) is 5.39. The first-order chi connectivity index (χ1) is 9.72. The molecule has 1 heterocycles. The number of phenols is 1. The van der Waals surface area contributed by atoms with Crippen LogP contribution in [-0.2, 0) is 12.8 Å². The molecule has 1 aromatic carbocycles. The van der Waals surface area contributed by atoms with E-state index >= 15 is 0 Å². The number of hydrogen-bond acceptors (Lipinski definition) is 4. The minimum atomic E-state index is 0.366. The molecule has 3 nitrogen and oxygen atoms in total. The molecule has 0 spiro atoms. The van der Waals surface area contributed by atoms with E-state index in [1.807, 2.05) is 13.0 Å². The molecule has 0 saturated carbocycles. The van der Waals surface area contributed by atoms with Crippen molar-refractivity contribution in [3.63, 3.8) is 0 Å². The third-order valence-corrected chi connectivity index (χ3v) is 4.70. The molecule has 2 N–H and O–H groups in total. The average Bonchev–Trinajstić information content (AvgIpc) is 2.85. The Morgan fingerprint density at radius 2 is 2.35 bits per heavy atom. The second kappa shape index (κ2) is 5.94.